The van der Waals surface area contributed by atoms with Gasteiger partial charge in [0.2, 0.25) is 5.91 Å². The summed E-state index contributed by atoms with van der Waals surface area (Å²) in [5, 5.41) is 11.1. The average molecular weight is 290 g/mol. The Morgan fingerprint density at radius 1 is 1.40 bits per heavy atom. The van der Waals surface area contributed by atoms with Crippen molar-refractivity contribution < 1.29 is 27.9 Å². The second kappa shape index (κ2) is 5.91. The number of hydrogen-bond donors (Lipinski definition) is 3. The second-order valence-corrected chi connectivity index (χ2v) is 4.29. The average Bonchev–Trinajstić information content (AvgIpc) is 2.26. The maximum Gasteiger partial charge on any atom is 0.416 e. The van der Waals surface area contributed by atoms with Crippen molar-refractivity contribution in [2.45, 2.75) is 25.6 Å². The van der Waals surface area contributed by atoms with E-state index in [0.717, 1.165) is 6.07 Å². The maximum atomic E-state index is 12.5. The summed E-state index contributed by atoms with van der Waals surface area (Å²) >= 11 is 0. The third kappa shape index (κ3) is 4.23. The molecule has 110 valence electrons. The third-order valence-electron chi connectivity index (χ3n) is 2.36. The van der Waals surface area contributed by atoms with E-state index in [1.807, 2.05) is 0 Å². The number of anilines is 1. The summed E-state index contributed by atoms with van der Waals surface area (Å²) in [7, 11) is 0. The molecule has 1 amide bonds. The molecule has 1 aromatic carbocycles. The number of aromatic carboxylic acids is 1. The fourth-order valence-electron chi connectivity index (χ4n) is 1.50. The van der Waals surface area contributed by atoms with E-state index >= 15 is 0 Å². The molecule has 1 atom stereocenters. The Balaban J connectivity index is 3.08. The molecule has 0 aliphatic rings. The van der Waals surface area contributed by atoms with Crippen LogP contribution in [0.1, 0.15) is 29.3 Å². The number of carbonyl (C=O) groups is 2. The lowest BCUT2D eigenvalue weighted by molar-refractivity contribution is -0.137. The van der Waals surface area contributed by atoms with Gasteiger partial charge in [0.15, 0.2) is 0 Å². The summed E-state index contributed by atoms with van der Waals surface area (Å²) in [6.07, 6.45) is -4.72. The topological polar surface area (TPSA) is 92.4 Å². The van der Waals surface area contributed by atoms with Gasteiger partial charge in [-0.15, -0.1) is 0 Å². The Morgan fingerprint density at radius 2 is 2.00 bits per heavy atom. The number of carboxylic acids is 1. The number of halogens is 3. The van der Waals surface area contributed by atoms with E-state index in [0.29, 0.717) is 12.1 Å². The van der Waals surface area contributed by atoms with Crippen LogP contribution >= 0.6 is 0 Å². The highest BCUT2D eigenvalue weighted by molar-refractivity contribution is 6.00. The quantitative estimate of drug-likeness (QED) is 0.791. The lowest BCUT2D eigenvalue weighted by Crippen LogP contribution is -2.24. The summed E-state index contributed by atoms with van der Waals surface area (Å²) in [5.41, 5.74) is 3.48. The summed E-state index contributed by atoms with van der Waals surface area (Å²) in [4.78, 5) is 22.4. The van der Waals surface area contributed by atoms with Gasteiger partial charge in [-0.3, -0.25) is 4.79 Å². The van der Waals surface area contributed by atoms with Gasteiger partial charge in [-0.25, -0.2) is 4.79 Å². The molecule has 5 nitrogen and oxygen atoms in total. The minimum absolute atomic E-state index is 0.0694. The number of carbonyl (C=O) groups excluding carboxylic acids is 1. The normalized spacial score (nSPS) is 12.8. The van der Waals surface area contributed by atoms with Crippen LogP contribution < -0.4 is 11.1 Å². The molecule has 1 rings (SSSR count). The second-order valence-electron chi connectivity index (χ2n) is 4.29. The summed E-state index contributed by atoms with van der Waals surface area (Å²) in [5.74, 6) is -2.13. The predicted octanol–water partition coefficient (Wildman–Crippen LogP) is 2.08. The number of carboxylic acid groups (broad SMARTS) is 1. The van der Waals surface area contributed by atoms with Crippen LogP contribution in [0.4, 0.5) is 18.9 Å². The molecule has 0 aromatic heterocycles. The molecule has 0 fully saturated rings. The lowest BCUT2D eigenvalue weighted by atomic mass is 10.1. The number of hydrogen-bond acceptors (Lipinski definition) is 3. The van der Waals surface area contributed by atoms with E-state index in [4.69, 9.17) is 10.8 Å². The molecule has 0 saturated heterocycles. The molecule has 20 heavy (non-hydrogen) atoms. The van der Waals surface area contributed by atoms with Crippen LogP contribution in [0, 0.1) is 0 Å². The van der Waals surface area contributed by atoms with E-state index in [1.54, 1.807) is 6.92 Å². The van der Waals surface area contributed by atoms with Gasteiger partial charge in [0.25, 0.3) is 0 Å². The molecule has 4 N–H and O–H groups in total. The minimum Gasteiger partial charge on any atom is -0.478 e. The van der Waals surface area contributed by atoms with Crippen LogP contribution in [0.2, 0.25) is 0 Å². The van der Waals surface area contributed by atoms with Gasteiger partial charge in [0.1, 0.15) is 0 Å². The summed E-state index contributed by atoms with van der Waals surface area (Å²) in [6.45, 7) is 1.57. The first-order valence-corrected chi connectivity index (χ1v) is 5.61. The monoisotopic (exact) mass is 290 g/mol. The highest BCUT2D eigenvalue weighted by Crippen LogP contribution is 2.31. The number of alkyl halides is 3. The fraction of sp³-hybridized carbons (Fsp3) is 0.333. The Labute approximate surface area is 112 Å². The first-order valence-electron chi connectivity index (χ1n) is 5.61. The Bertz CT molecular complexity index is 527. The molecule has 0 bridgehead atoms. The zero-order valence-electron chi connectivity index (χ0n) is 10.5. The van der Waals surface area contributed by atoms with E-state index in [2.05, 4.69) is 5.32 Å². The standard InChI is InChI=1S/C12H13F3N2O3/c1-6(16)4-10(18)17-9-3-2-7(12(13,14)15)5-8(9)11(19)20/h2-3,5-6H,4,16H2,1H3,(H,17,18)(H,19,20). The molecule has 0 spiro atoms. The number of amides is 1. The van der Waals surface area contributed by atoms with Gasteiger partial charge in [-0.2, -0.15) is 13.2 Å². The van der Waals surface area contributed by atoms with Crippen molar-refractivity contribution in [3.05, 3.63) is 29.3 Å². The van der Waals surface area contributed by atoms with E-state index in [1.165, 1.54) is 0 Å². The van der Waals surface area contributed by atoms with Crippen molar-refractivity contribution in [3.63, 3.8) is 0 Å². The molecular weight excluding hydrogens is 277 g/mol. The van der Waals surface area contributed by atoms with Crippen LogP contribution in [0.3, 0.4) is 0 Å². The zero-order valence-corrected chi connectivity index (χ0v) is 10.5. The van der Waals surface area contributed by atoms with Crippen LogP contribution in [0.25, 0.3) is 0 Å². The SMILES string of the molecule is CC(N)CC(=O)Nc1ccc(C(F)(F)F)cc1C(=O)O. The van der Waals surface area contributed by atoms with E-state index in [-0.39, 0.29) is 12.1 Å². The van der Waals surface area contributed by atoms with Crippen molar-refractivity contribution in [2.24, 2.45) is 5.73 Å². The molecule has 0 radical (unpaired) electrons. The van der Waals surface area contributed by atoms with Crippen molar-refractivity contribution in [3.8, 4) is 0 Å². The van der Waals surface area contributed by atoms with Gasteiger partial charge < -0.3 is 16.2 Å². The smallest absolute Gasteiger partial charge is 0.416 e. The molecule has 1 aromatic rings. The highest BCUT2D eigenvalue weighted by Gasteiger charge is 2.32. The maximum absolute atomic E-state index is 12.5. The number of benzene rings is 1. The molecule has 8 heteroatoms. The minimum atomic E-state index is -4.65. The summed E-state index contributed by atoms with van der Waals surface area (Å²) in [6, 6.07) is 1.64. The first-order chi connectivity index (χ1) is 9.11. The van der Waals surface area contributed by atoms with Crippen molar-refractivity contribution in [1.82, 2.24) is 0 Å². The first kappa shape index (κ1) is 16.0. The van der Waals surface area contributed by atoms with Crippen LogP contribution in [-0.4, -0.2) is 23.0 Å². The third-order valence-corrected chi connectivity index (χ3v) is 2.36. The highest BCUT2D eigenvalue weighted by atomic mass is 19.4. The molecule has 0 aliphatic carbocycles. The fourth-order valence-corrected chi connectivity index (χ4v) is 1.50. The van der Waals surface area contributed by atoms with Crippen molar-refractivity contribution >= 4 is 17.6 Å². The summed E-state index contributed by atoms with van der Waals surface area (Å²) < 4.78 is 37.5. The molecule has 0 aliphatic heterocycles. The van der Waals surface area contributed by atoms with Gasteiger partial charge >= 0.3 is 12.1 Å². The molecule has 0 heterocycles. The molecule has 0 saturated carbocycles. The van der Waals surface area contributed by atoms with Gasteiger partial charge in [-0.05, 0) is 25.1 Å². The largest absolute Gasteiger partial charge is 0.478 e. The number of nitrogens with two attached hydrogens (primary N) is 1. The Hall–Kier alpha value is -2.09. The van der Waals surface area contributed by atoms with Crippen LogP contribution in [0.15, 0.2) is 18.2 Å². The Kier molecular flexibility index (Phi) is 4.72. The molecule has 1 unspecified atom stereocenters. The predicted molar refractivity (Wildman–Crippen MR) is 65.3 cm³/mol. The Morgan fingerprint density at radius 3 is 2.45 bits per heavy atom. The van der Waals surface area contributed by atoms with Crippen molar-refractivity contribution in [1.29, 1.82) is 0 Å². The van der Waals surface area contributed by atoms with Crippen LogP contribution in [0.5, 0.6) is 0 Å². The molecular formula is C12H13F3N2O3. The van der Waals surface area contributed by atoms with E-state index in [9.17, 15) is 22.8 Å². The van der Waals surface area contributed by atoms with Crippen molar-refractivity contribution in [2.75, 3.05) is 5.32 Å². The van der Waals surface area contributed by atoms with Gasteiger partial charge in [-0.1, -0.05) is 0 Å². The number of rotatable bonds is 4. The van der Waals surface area contributed by atoms with E-state index < -0.39 is 35.2 Å². The van der Waals surface area contributed by atoms with Gasteiger partial charge in [0.05, 0.1) is 16.8 Å². The lowest BCUT2D eigenvalue weighted by Gasteiger charge is -2.12. The van der Waals surface area contributed by atoms with Gasteiger partial charge in [0, 0.05) is 12.5 Å². The number of nitrogens with one attached hydrogen (secondary N) is 1. The zero-order chi connectivity index (χ0) is 15.5. The van der Waals surface area contributed by atoms with Crippen LogP contribution in [-0.2, 0) is 11.0 Å².